The summed E-state index contributed by atoms with van der Waals surface area (Å²) in [6.07, 6.45) is 9.30. The van der Waals surface area contributed by atoms with E-state index in [1.54, 1.807) is 4.90 Å². The van der Waals surface area contributed by atoms with Crippen LogP contribution in [0.1, 0.15) is 30.8 Å². The molecule has 0 spiro atoms. The van der Waals surface area contributed by atoms with E-state index in [4.69, 9.17) is 9.83 Å². The van der Waals surface area contributed by atoms with Crippen LogP contribution < -0.4 is 0 Å². The van der Waals surface area contributed by atoms with Crippen LogP contribution >= 0.6 is 0 Å². The number of amides is 1. The third kappa shape index (κ3) is 4.22. The molecule has 0 radical (unpaired) electrons. The molecule has 2 heterocycles. The second-order valence-electron chi connectivity index (χ2n) is 5.55. The van der Waals surface area contributed by atoms with E-state index in [9.17, 15) is 4.79 Å². The van der Waals surface area contributed by atoms with Crippen LogP contribution in [-0.2, 0) is 0 Å². The first-order chi connectivity index (χ1) is 11.6. The van der Waals surface area contributed by atoms with Crippen LogP contribution in [0, 0.1) is 5.41 Å². The van der Waals surface area contributed by atoms with Crippen LogP contribution in [0.15, 0.2) is 53.1 Å². The normalized spacial score (nSPS) is 15.8. The smallest absolute Gasteiger partial charge is 0.291 e. The maximum absolute atomic E-state index is 12.2. The number of hydrogen-bond donors (Lipinski definition) is 1. The van der Waals surface area contributed by atoms with Crippen molar-refractivity contribution in [2.24, 2.45) is 0 Å². The van der Waals surface area contributed by atoms with Crippen LogP contribution in [0.5, 0.6) is 0 Å². The molecular formula is C18H24N4O2. The van der Waals surface area contributed by atoms with E-state index in [1.165, 1.54) is 12.6 Å². The van der Waals surface area contributed by atoms with Gasteiger partial charge in [0.05, 0.1) is 6.20 Å². The Kier molecular flexibility index (Phi) is 6.12. The predicted molar refractivity (Wildman–Crippen MR) is 94.0 cm³/mol. The van der Waals surface area contributed by atoms with Crippen molar-refractivity contribution in [1.82, 2.24) is 14.8 Å². The second-order valence-corrected chi connectivity index (χ2v) is 5.55. The van der Waals surface area contributed by atoms with Crippen molar-refractivity contribution in [3.63, 3.8) is 0 Å². The monoisotopic (exact) mass is 328 g/mol. The standard InChI is InChI=1S/C18H24N4O2/c1-4-15(7-6-14(3)16(19)5-2)21-8-10-22(11-9-21)18(23)17-12-20-13-24-17/h4,6-7,12-13,19H,3,5,8-11H2,1-2H3/b7-6-,15-4?,19-16?. The number of hydrogen-bond acceptors (Lipinski definition) is 5. The lowest BCUT2D eigenvalue weighted by molar-refractivity contribution is 0.0641. The molecule has 1 amide bonds. The lowest BCUT2D eigenvalue weighted by Crippen LogP contribution is -2.48. The molecule has 1 saturated heterocycles. The minimum atomic E-state index is -0.116. The molecule has 1 aromatic heterocycles. The van der Waals surface area contributed by atoms with Crippen LogP contribution in [0.4, 0.5) is 0 Å². The molecule has 1 fully saturated rings. The lowest BCUT2D eigenvalue weighted by Gasteiger charge is -2.36. The first-order valence-corrected chi connectivity index (χ1v) is 8.10. The average Bonchev–Trinajstić information content (AvgIpc) is 3.15. The average molecular weight is 328 g/mol. The third-order valence-electron chi connectivity index (χ3n) is 4.07. The summed E-state index contributed by atoms with van der Waals surface area (Å²) in [5.74, 6) is 0.165. The van der Waals surface area contributed by atoms with Gasteiger partial charge in [0.1, 0.15) is 0 Å². The quantitative estimate of drug-likeness (QED) is 0.644. The summed E-state index contributed by atoms with van der Waals surface area (Å²) in [5, 5.41) is 7.79. The highest BCUT2D eigenvalue weighted by Gasteiger charge is 2.24. The van der Waals surface area contributed by atoms with E-state index >= 15 is 0 Å². The van der Waals surface area contributed by atoms with E-state index in [0.717, 1.165) is 24.4 Å². The van der Waals surface area contributed by atoms with E-state index in [-0.39, 0.29) is 11.7 Å². The molecule has 1 N–H and O–H groups in total. The van der Waals surface area contributed by atoms with Gasteiger partial charge < -0.3 is 19.6 Å². The molecule has 0 saturated carbocycles. The Balaban J connectivity index is 1.92. The van der Waals surface area contributed by atoms with Crippen molar-refractivity contribution in [3.8, 4) is 0 Å². The summed E-state index contributed by atoms with van der Waals surface area (Å²) in [7, 11) is 0. The molecular weight excluding hydrogens is 304 g/mol. The fourth-order valence-electron chi connectivity index (χ4n) is 2.54. The Hall–Kier alpha value is -2.63. The number of rotatable bonds is 6. The fourth-order valence-corrected chi connectivity index (χ4v) is 2.54. The molecule has 24 heavy (non-hydrogen) atoms. The van der Waals surface area contributed by atoms with Gasteiger partial charge in [0.2, 0.25) is 5.76 Å². The van der Waals surface area contributed by atoms with Gasteiger partial charge in [0.25, 0.3) is 5.91 Å². The largest absolute Gasteiger partial charge is 0.438 e. The van der Waals surface area contributed by atoms with Crippen molar-refractivity contribution in [1.29, 1.82) is 5.41 Å². The zero-order valence-electron chi connectivity index (χ0n) is 14.3. The van der Waals surface area contributed by atoms with Crippen LogP contribution in [0.3, 0.4) is 0 Å². The summed E-state index contributed by atoms with van der Waals surface area (Å²) in [6.45, 7) is 10.6. The van der Waals surface area contributed by atoms with Gasteiger partial charge in [-0.3, -0.25) is 4.79 Å². The zero-order chi connectivity index (χ0) is 17.5. The number of piperazine rings is 1. The van der Waals surface area contributed by atoms with Gasteiger partial charge in [-0.15, -0.1) is 0 Å². The molecule has 128 valence electrons. The highest BCUT2D eigenvalue weighted by Crippen LogP contribution is 2.14. The number of allylic oxidation sites excluding steroid dienone is 4. The Labute approximate surface area is 142 Å². The van der Waals surface area contributed by atoms with Crippen molar-refractivity contribution < 1.29 is 9.21 Å². The Morgan fingerprint density at radius 1 is 1.33 bits per heavy atom. The third-order valence-corrected chi connectivity index (χ3v) is 4.07. The maximum atomic E-state index is 12.2. The van der Waals surface area contributed by atoms with E-state index in [2.05, 4.69) is 16.5 Å². The second kappa shape index (κ2) is 8.29. The van der Waals surface area contributed by atoms with Gasteiger partial charge in [-0.2, -0.15) is 0 Å². The summed E-state index contributed by atoms with van der Waals surface area (Å²) >= 11 is 0. The van der Waals surface area contributed by atoms with Gasteiger partial charge in [-0.25, -0.2) is 4.98 Å². The minimum absolute atomic E-state index is 0.116. The SMILES string of the molecule is C=C(/C=C\C(=CC)N1CCN(C(=O)c2cnco2)CC1)C(=N)CC. The van der Waals surface area contributed by atoms with Gasteiger partial charge in [-0.1, -0.05) is 25.7 Å². The van der Waals surface area contributed by atoms with Crippen molar-refractivity contribution in [3.05, 3.63) is 54.4 Å². The molecule has 0 unspecified atom stereocenters. The van der Waals surface area contributed by atoms with Gasteiger partial charge in [0.15, 0.2) is 6.39 Å². The molecule has 6 heteroatoms. The molecule has 1 aromatic rings. The summed E-state index contributed by atoms with van der Waals surface area (Å²) in [6, 6.07) is 0. The lowest BCUT2D eigenvalue weighted by atomic mass is 10.1. The zero-order valence-corrected chi connectivity index (χ0v) is 14.3. The number of carbonyl (C=O) groups is 1. The molecule has 0 bridgehead atoms. The van der Waals surface area contributed by atoms with Gasteiger partial charge >= 0.3 is 0 Å². The Morgan fingerprint density at radius 2 is 2.00 bits per heavy atom. The van der Waals surface area contributed by atoms with Crippen LogP contribution in [0.2, 0.25) is 0 Å². The molecule has 6 nitrogen and oxygen atoms in total. The van der Waals surface area contributed by atoms with Crippen LogP contribution in [0.25, 0.3) is 0 Å². The summed E-state index contributed by atoms with van der Waals surface area (Å²) in [4.78, 5) is 20.0. The van der Waals surface area contributed by atoms with E-state index < -0.39 is 0 Å². The molecule has 0 aromatic carbocycles. The van der Waals surface area contributed by atoms with E-state index in [0.29, 0.717) is 25.2 Å². The van der Waals surface area contributed by atoms with Crippen molar-refractivity contribution in [2.75, 3.05) is 26.2 Å². The first-order valence-electron chi connectivity index (χ1n) is 8.10. The number of nitrogens with one attached hydrogen (secondary N) is 1. The number of oxazole rings is 1. The Bertz CT molecular complexity index is 651. The molecule has 2 rings (SSSR count). The minimum Gasteiger partial charge on any atom is -0.438 e. The number of aromatic nitrogens is 1. The molecule has 0 aliphatic carbocycles. The van der Waals surface area contributed by atoms with Crippen LogP contribution in [-0.4, -0.2) is 52.6 Å². The highest BCUT2D eigenvalue weighted by molar-refractivity contribution is 5.99. The fraction of sp³-hybridized carbons (Fsp3) is 0.389. The molecule has 1 aliphatic heterocycles. The highest BCUT2D eigenvalue weighted by atomic mass is 16.3. The first kappa shape index (κ1) is 17.7. The van der Waals surface area contributed by atoms with Gasteiger partial charge in [0, 0.05) is 37.6 Å². The maximum Gasteiger partial charge on any atom is 0.291 e. The predicted octanol–water partition coefficient (Wildman–Crippen LogP) is 2.88. The summed E-state index contributed by atoms with van der Waals surface area (Å²) in [5.41, 5.74) is 2.35. The summed E-state index contributed by atoms with van der Waals surface area (Å²) < 4.78 is 5.07. The number of nitrogens with zero attached hydrogens (tertiary/aromatic N) is 3. The van der Waals surface area contributed by atoms with Crippen molar-refractivity contribution >= 4 is 11.6 Å². The molecule has 1 aliphatic rings. The number of carbonyl (C=O) groups excluding carboxylic acids is 1. The van der Waals surface area contributed by atoms with E-state index in [1.807, 2.05) is 32.1 Å². The molecule has 0 atom stereocenters. The van der Waals surface area contributed by atoms with Gasteiger partial charge in [-0.05, 0) is 25.0 Å². The topological polar surface area (TPSA) is 73.4 Å². The Morgan fingerprint density at radius 3 is 2.54 bits per heavy atom. The van der Waals surface area contributed by atoms with Crippen molar-refractivity contribution in [2.45, 2.75) is 20.3 Å².